The molecule has 0 aliphatic heterocycles. The van der Waals surface area contributed by atoms with Crippen LogP contribution in [0.25, 0.3) is 0 Å². The molecular weight excluding hydrogens is 356 g/mol. The average Bonchev–Trinajstić information content (AvgIpc) is 2.67. The number of carboxylic acid groups (broad SMARTS) is 1. The van der Waals surface area contributed by atoms with E-state index in [4.69, 9.17) is 15.3 Å². The van der Waals surface area contributed by atoms with Gasteiger partial charge in [-0.15, -0.1) is 0 Å². The Bertz CT molecular complexity index is 618. The van der Waals surface area contributed by atoms with Gasteiger partial charge in [0.15, 0.2) is 0 Å². The van der Waals surface area contributed by atoms with E-state index in [-0.39, 0.29) is 24.5 Å². The van der Waals surface area contributed by atoms with E-state index in [1.807, 2.05) is 6.92 Å². The van der Waals surface area contributed by atoms with Crippen LogP contribution < -0.4 is 0 Å². The first-order valence-electron chi connectivity index (χ1n) is 10.6. The van der Waals surface area contributed by atoms with Gasteiger partial charge in [0.2, 0.25) is 0 Å². The molecule has 28 heavy (non-hydrogen) atoms. The molecule has 0 aromatic carbocycles. The molecule has 0 saturated heterocycles. The van der Waals surface area contributed by atoms with Crippen molar-refractivity contribution < 1.29 is 25.2 Å². The maximum Gasteiger partial charge on any atom is 0.309 e. The molecule has 3 rings (SSSR count). The fraction of sp³-hybridized carbons (Fsp3) is 0.783. The molecule has 1 saturated carbocycles. The summed E-state index contributed by atoms with van der Waals surface area (Å²) in [7, 11) is 0. The van der Waals surface area contributed by atoms with Crippen LogP contribution in [0.4, 0.5) is 0 Å². The molecule has 0 bridgehead atoms. The van der Waals surface area contributed by atoms with Crippen molar-refractivity contribution in [2.24, 2.45) is 28.6 Å². The monoisotopic (exact) mass is 394 g/mol. The zero-order valence-corrected chi connectivity index (χ0v) is 17.8. The predicted molar refractivity (Wildman–Crippen MR) is 110 cm³/mol. The molecule has 0 amide bonds. The van der Waals surface area contributed by atoms with Gasteiger partial charge in [-0.2, -0.15) is 0 Å². The minimum Gasteiger partial charge on any atom is -0.481 e. The Morgan fingerprint density at radius 2 is 1.86 bits per heavy atom. The van der Waals surface area contributed by atoms with Crippen LogP contribution in [0.3, 0.4) is 0 Å². The van der Waals surface area contributed by atoms with Crippen LogP contribution >= 0.6 is 0 Å². The molecule has 1 fully saturated rings. The van der Waals surface area contributed by atoms with Crippen molar-refractivity contribution in [2.45, 2.75) is 72.3 Å². The van der Waals surface area contributed by atoms with Gasteiger partial charge in [0, 0.05) is 0 Å². The quantitative estimate of drug-likeness (QED) is 0.585. The van der Waals surface area contributed by atoms with Crippen molar-refractivity contribution in [3.05, 3.63) is 23.3 Å². The van der Waals surface area contributed by atoms with Crippen LogP contribution in [0.2, 0.25) is 0 Å². The zero-order chi connectivity index (χ0) is 21.1. The lowest BCUT2D eigenvalue weighted by molar-refractivity contribution is -0.162. The molecule has 0 unspecified atom stereocenters. The minimum atomic E-state index is -0.954. The second kappa shape index (κ2) is 9.10. The summed E-state index contributed by atoms with van der Waals surface area (Å²) >= 11 is 0. The number of hydrogen-bond donors (Lipinski definition) is 4. The van der Waals surface area contributed by atoms with Crippen molar-refractivity contribution >= 4 is 5.97 Å². The summed E-state index contributed by atoms with van der Waals surface area (Å²) in [6.07, 6.45) is 10.3. The lowest BCUT2D eigenvalue weighted by atomic mass is 9.47. The Morgan fingerprint density at radius 3 is 2.36 bits per heavy atom. The van der Waals surface area contributed by atoms with Gasteiger partial charge in [-0.05, 0) is 67.8 Å². The van der Waals surface area contributed by atoms with Crippen molar-refractivity contribution in [1.29, 1.82) is 0 Å². The highest BCUT2D eigenvalue weighted by Gasteiger charge is 2.57. The van der Waals surface area contributed by atoms with Gasteiger partial charge in [0.25, 0.3) is 0 Å². The third-order valence-corrected chi connectivity index (χ3v) is 7.49. The number of rotatable bonds is 4. The second-order valence-electron chi connectivity index (χ2n) is 9.56. The number of aliphatic hydroxyl groups excluding tert-OH is 3. The molecule has 3 aliphatic carbocycles. The molecule has 4 atom stereocenters. The number of aliphatic carboxylic acids is 1. The van der Waals surface area contributed by atoms with Crippen LogP contribution in [-0.4, -0.2) is 45.7 Å². The largest absolute Gasteiger partial charge is 0.481 e. The molecule has 5 heteroatoms. The van der Waals surface area contributed by atoms with E-state index in [9.17, 15) is 9.90 Å². The fourth-order valence-corrected chi connectivity index (χ4v) is 5.66. The Morgan fingerprint density at radius 1 is 1.21 bits per heavy atom. The number of hydrogen-bond acceptors (Lipinski definition) is 4. The number of carbonyl (C=O) groups is 1. The van der Waals surface area contributed by atoms with Gasteiger partial charge in [0.05, 0.1) is 18.6 Å². The van der Waals surface area contributed by atoms with Crippen LogP contribution in [0.5, 0.6) is 0 Å². The number of carboxylic acids is 1. The molecule has 3 aliphatic rings. The summed E-state index contributed by atoms with van der Waals surface area (Å²) in [5.41, 5.74) is 2.69. The van der Waals surface area contributed by atoms with Gasteiger partial charge in [-0.3, -0.25) is 4.79 Å². The third kappa shape index (κ3) is 4.37. The van der Waals surface area contributed by atoms with Crippen molar-refractivity contribution in [2.75, 3.05) is 13.2 Å². The Kier molecular flexibility index (Phi) is 7.51. The molecule has 5 nitrogen and oxygen atoms in total. The Balaban J connectivity index is 0.000000409. The lowest BCUT2D eigenvalue weighted by Crippen LogP contribution is -2.53. The Hall–Kier alpha value is -1.17. The fourth-order valence-electron chi connectivity index (χ4n) is 5.66. The van der Waals surface area contributed by atoms with Crippen LogP contribution in [-0.2, 0) is 4.79 Å². The van der Waals surface area contributed by atoms with Crippen molar-refractivity contribution in [1.82, 2.24) is 0 Å². The highest BCUT2D eigenvalue weighted by Crippen LogP contribution is 2.62. The molecule has 0 aromatic heterocycles. The van der Waals surface area contributed by atoms with Gasteiger partial charge >= 0.3 is 5.97 Å². The van der Waals surface area contributed by atoms with E-state index in [1.54, 1.807) is 5.57 Å². The van der Waals surface area contributed by atoms with Crippen LogP contribution in [0.15, 0.2) is 23.3 Å². The predicted octanol–water partition coefficient (Wildman–Crippen LogP) is 3.54. The van der Waals surface area contributed by atoms with Crippen molar-refractivity contribution in [3.8, 4) is 0 Å². The van der Waals surface area contributed by atoms with E-state index < -0.39 is 17.5 Å². The highest BCUT2D eigenvalue weighted by atomic mass is 16.4. The van der Waals surface area contributed by atoms with Crippen LogP contribution in [0, 0.1) is 28.6 Å². The molecule has 0 spiro atoms. The maximum atomic E-state index is 11.9. The SMILES string of the molecule is CC(C)C1=CC2=CC[C@@H]3[C@@](C)(CCC[C@@]3(C)C(=O)O)[C@H]2CC1.OCC(O)CO. The van der Waals surface area contributed by atoms with E-state index >= 15 is 0 Å². The first-order valence-corrected chi connectivity index (χ1v) is 10.6. The summed E-state index contributed by atoms with van der Waals surface area (Å²) in [4.78, 5) is 11.9. The number of allylic oxidation sites excluding steroid dienone is 4. The molecule has 0 aromatic rings. The third-order valence-electron chi connectivity index (χ3n) is 7.49. The van der Waals surface area contributed by atoms with Gasteiger partial charge < -0.3 is 20.4 Å². The Labute approximate surface area is 169 Å². The zero-order valence-electron chi connectivity index (χ0n) is 17.8. The smallest absolute Gasteiger partial charge is 0.309 e. The minimum absolute atomic E-state index is 0.161. The molecule has 0 radical (unpaired) electrons. The standard InChI is InChI=1S/C20H30O2.C3H8O3/c1-13(2)14-6-8-16-15(12-14)7-9-17-19(16,3)10-5-11-20(17,4)18(21)22;4-1-3(6)2-5/h7,12-13,16-17H,5-6,8-11H2,1-4H3,(H,21,22);3-6H,1-2H2/t16-,17+,19-,20+;/m0./s1. The maximum absolute atomic E-state index is 11.9. The van der Waals surface area contributed by atoms with Gasteiger partial charge in [0.1, 0.15) is 6.10 Å². The summed E-state index contributed by atoms with van der Waals surface area (Å²) in [6, 6.07) is 0. The van der Waals surface area contributed by atoms with E-state index in [2.05, 4.69) is 32.9 Å². The molecular formula is C23H38O5. The van der Waals surface area contributed by atoms with Gasteiger partial charge in [-0.1, -0.05) is 44.9 Å². The van der Waals surface area contributed by atoms with E-state index in [1.165, 1.54) is 24.8 Å². The summed E-state index contributed by atoms with van der Waals surface area (Å²) < 4.78 is 0. The molecule has 0 heterocycles. The highest BCUT2D eigenvalue weighted by molar-refractivity contribution is 5.75. The normalized spacial score (nSPS) is 34.6. The number of aliphatic hydroxyl groups is 3. The molecule has 160 valence electrons. The summed E-state index contributed by atoms with van der Waals surface area (Å²) in [5.74, 6) is 0.888. The summed E-state index contributed by atoms with van der Waals surface area (Å²) in [5, 5.41) is 33.8. The lowest BCUT2D eigenvalue weighted by Gasteiger charge is -2.57. The molecule has 4 N–H and O–H groups in total. The first-order chi connectivity index (χ1) is 13.1. The average molecular weight is 395 g/mol. The van der Waals surface area contributed by atoms with Crippen molar-refractivity contribution in [3.63, 3.8) is 0 Å². The number of fused-ring (bicyclic) bond motifs is 3. The second-order valence-corrected chi connectivity index (χ2v) is 9.56. The topological polar surface area (TPSA) is 98.0 Å². The van der Waals surface area contributed by atoms with E-state index in [0.717, 1.165) is 19.3 Å². The first kappa shape index (κ1) is 23.1. The van der Waals surface area contributed by atoms with Gasteiger partial charge in [-0.25, -0.2) is 0 Å². The van der Waals surface area contributed by atoms with Crippen LogP contribution in [0.1, 0.15) is 66.2 Å². The summed E-state index contributed by atoms with van der Waals surface area (Å²) in [6.45, 7) is 8.20. The van der Waals surface area contributed by atoms with E-state index in [0.29, 0.717) is 11.8 Å².